The summed E-state index contributed by atoms with van der Waals surface area (Å²) in [4.78, 5) is 26.4. The number of nitrogens with zero attached hydrogens (tertiary/aromatic N) is 1. The van der Waals surface area contributed by atoms with Gasteiger partial charge in [0.25, 0.3) is 11.8 Å². The van der Waals surface area contributed by atoms with Crippen LogP contribution in [-0.2, 0) is 4.79 Å². The Morgan fingerprint density at radius 1 is 1.28 bits per heavy atom. The smallest absolute Gasteiger partial charge is 0.285 e. The van der Waals surface area contributed by atoms with Crippen molar-refractivity contribution in [3.05, 3.63) is 56.6 Å². The molecule has 1 aromatic heterocycles. The number of hydrogen-bond acceptors (Lipinski definition) is 6. The summed E-state index contributed by atoms with van der Waals surface area (Å²) in [5, 5.41) is 3.08. The molecule has 0 radical (unpaired) electrons. The van der Waals surface area contributed by atoms with Crippen molar-refractivity contribution in [2.75, 3.05) is 7.11 Å². The quantitative estimate of drug-likeness (QED) is 0.638. The van der Waals surface area contributed by atoms with Gasteiger partial charge in [0.2, 0.25) is 0 Å². The van der Waals surface area contributed by atoms with Crippen molar-refractivity contribution in [2.24, 2.45) is 0 Å². The summed E-state index contributed by atoms with van der Waals surface area (Å²) in [6, 6.07) is 8.59. The lowest BCUT2D eigenvalue weighted by molar-refractivity contribution is -0.123. The third kappa shape index (κ3) is 3.76. The van der Waals surface area contributed by atoms with Crippen LogP contribution in [0.3, 0.4) is 0 Å². The molecule has 1 aliphatic heterocycles. The van der Waals surface area contributed by atoms with Gasteiger partial charge in [0.1, 0.15) is 5.75 Å². The van der Waals surface area contributed by atoms with Crippen molar-refractivity contribution in [1.82, 2.24) is 10.4 Å². The molecule has 1 aliphatic rings. The molecule has 3 rings (SSSR count). The Labute approximate surface area is 158 Å². The van der Waals surface area contributed by atoms with E-state index < -0.39 is 5.91 Å². The molecule has 8 heteroatoms. The van der Waals surface area contributed by atoms with Crippen LogP contribution >= 0.6 is 35.3 Å². The molecule has 5 nitrogen and oxygen atoms in total. The second kappa shape index (κ2) is 7.38. The van der Waals surface area contributed by atoms with E-state index in [-0.39, 0.29) is 5.91 Å². The topological polar surface area (TPSA) is 58.6 Å². The summed E-state index contributed by atoms with van der Waals surface area (Å²) in [6.45, 7) is 1.98. The van der Waals surface area contributed by atoms with E-state index in [1.54, 1.807) is 48.8 Å². The second-order valence-corrected chi connectivity index (χ2v) is 7.78. The van der Waals surface area contributed by atoms with Crippen molar-refractivity contribution in [1.29, 1.82) is 0 Å². The minimum atomic E-state index is -0.410. The number of thiophene rings is 1. The molecule has 0 bridgehead atoms. The Bertz CT molecular complexity index is 872. The van der Waals surface area contributed by atoms with Gasteiger partial charge in [-0.15, -0.1) is 11.3 Å². The number of benzene rings is 1. The number of thioether (sulfide) groups is 1. The number of ether oxygens (including phenoxy) is 1. The van der Waals surface area contributed by atoms with E-state index in [0.29, 0.717) is 20.5 Å². The van der Waals surface area contributed by atoms with Crippen LogP contribution in [0.2, 0.25) is 0 Å². The molecule has 0 atom stereocenters. The number of carbonyl (C=O) groups is 2. The van der Waals surface area contributed by atoms with Gasteiger partial charge in [-0.1, -0.05) is 11.8 Å². The molecule has 1 saturated heterocycles. The molecule has 128 valence electrons. The summed E-state index contributed by atoms with van der Waals surface area (Å²) in [7, 11) is 1.55. The summed E-state index contributed by atoms with van der Waals surface area (Å²) in [6.07, 6.45) is 1.80. The van der Waals surface area contributed by atoms with E-state index in [4.69, 9.17) is 17.0 Å². The van der Waals surface area contributed by atoms with E-state index in [0.717, 1.165) is 15.4 Å². The summed E-state index contributed by atoms with van der Waals surface area (Å²) in [5.74, 6) is -0.0893. The Morgan fingerprint density at radius 3 is 2.60 bits per heavy atom. The predicted octanol–water partition coefficient (Wildman–Crippen LogP) is 3.61. The number of amides is 2. The fourth-order valence-electron chi connectivity index (χ4n) is 2.12. The van der Waals surface area contributed by atoms with Crippen LogP contribution in [0.4, 0.5) is 0 Å². The molecule has 0 unspecified atom stereocenters. The molecule has 2 heterocycles. The largest absolute Gasteiger partial charge is 0.497 e. The van der Waals surface area contributed by atoms with E-state index in [9.17, 15) is 9.59 Å². The van der Waals surface area contributed by atoms with Crippen LogP contribution in [0.25, 0.3) is 6.08 Å². The van der Waals surface area contributed by atoms with Crippen molar-refractivity contribution >= 4 is 57.5 Å². The molecular formula is C17H14N2O3S3. The number of thiocarbonyl (C=S) groups is 1. The van der Waals surface area contributed by atoms with Crippen LogP contribution in [0.15, 0.2) is 40.6 Å². The zero-order chi connectivity index (χ0) is 18.0. The van der Waals surface area contributed by atoms with Gasteiger partial charge in [0.15, 0.2) is 4.32 Å². The van der Waals surface area contributed by atoms with E-state index >= 15 is 0 Å². The van der Waals surface area contributed by atoms with Crippen molar-refractivity contribution in [3.8, 4) is 5.75 Å². The molecule has 0 aliphatic carbocycles. The van der Waals surface area contributed by atoms with Crippen LogP contribution < -0.4 is 10.2 Å². The average Bonchev–Trinajstić information content (AvgIpc) is 3.13. The number of methoxy groups -OCH3 is 1. The van der Waals surface area contributed by atoms with Crippen LogP contribution in [-0.4, -0.2) is 28.3 Å². The van der Waals surface area contributed by atoms with Crippen molar-refractivity contribution < 1.29 is 14.3 Å². The van der Waals surface area contributed by atoms with Gasteiger partial charge in [-0.2, -0.15) is 5.01 Å². The third-order valence-electron chi connectivity index (χ3n) is 3.52. The van der Waals surface area contributed by atoms with E-state index in [1.807, 2.05) is 18.4 Å². The monoisotopic (exact) mass is 390 g/mol. The lowest BCUT2D eigenvalue weighted by Gasteiger charge is -2.15. The highest BCUT2D eigenvalue weighted by Crippen LogP contribution is 2.33. The second-order valence-electron chi connectivity index (χ2n) is 5.15. The van der Waals surface area contributed by atoms with Crippen molar-refractivity contribution in [2.45, 2.75) is 6.92 Å². The first kappa shape index (κ1) is 17.7. The number of nitrogens with one attached hydrogen (secondary N) is 1. The molecule has 2 aromatic rings. The van der Waals surface area contributed by atoms with Gasteiger partial charge in [-0.25, -0.2) is 0 Å². The first-order chi connectivity index (χ1) is 12.0. The van der Waals surface area contributed by atoms with Gasteiger partial charge in [-0.3, -0.25) is 15.0 Å². The molecule has 0 saturated carbocycles. The highest BCUT2D eigenvalue weighted by atomic mass is 32.2. The number of rotatable bonds is 4. The van der Waals surface area contributed by atoms with Crippen LogP contribution in [0.5, 0.6) is 5.75 Å². The fraction of sp³-hybridized carbons (Fsp3) is 0.118. The normalized spacial score (nSPS) is 15.8. The summed E-state index contributed by atoms with van der Waals surface area (Å²) >= 11 is 7.95. The zero-order valence-electron chi connectivity index (χ0n) is 13.4. The molecule has 0 spiro atoms. The maximum absolute atomic E-state index is 12.5. The summed E-state index contributed by atoms with van der Waals surface area (Å²) < 4.78 is 5.36. The van der Waals surface area contributed by atoms with Gasteiger partial charge in [0, 0.05) is 10.4 Å². The van der Waals surface area contributed by atoms with E-state index in [2.05, 4.69) is 5.43 Å². The Hall–Kier alpha value is -2.16. The maximum Gasteiger partial charge on any atom is 0.285 e. The first-order valence-corrected chi connectivity index (χ1v) is 9.37. The molecule has 1 fully saturated rings. The van der Waals surface area contributed by atoms with E-state index in [1.165, 1.54) is 11.8 Å². The summed E-state index contributed by atoms with van der Waals surface area (Å²) in [5.41, 5.74) is 4.07. The van der Waals surface area contributed by atoms with Gasteiger partial charge < -0.3 is 4.74 Å². The number of hydrazine groups is 1. The maximum atomic E-state index is 12.5. The molecule has 25 heavy (non-hydrogen) atoms. The number of aryl methyl sites for hydroxylation is 1. The predicted molar refractivity (Wildman–Crippen MR) is 105 cm³/mol. The number of hydrogen-bond donors (Lipinski definition) is 1. The molecule has 2 amide bonds. The standard InChI is InChI=1S/C17H14N2O3S3/c1-10-7-8-24-13(10)9-14-16(21)19(17(23)25-14)18-15(20)11-3-5-12(22-2)6-4-11/h3-9H,1-2H3,(H,18,20)/b14-9-. The van der Waals surface area contributed by atoms with Crippen LogP contribution in [0, 0.1) is 6.92 Å². The fourth-order valence-corrected chi connectivity index (χ4v) is 4.22. The minimum Gasteiger partial charge on any atom is -0.497 e. The lowest BCUT2D eigenvalue weighted by atomic mass is 10.2. The Morgan fingerprint density at radius 2 is 2.00 bits per heavy atom. The highest BCUT2D eigenvalue weighted by Gasteiger charge is 2.34. The first-order valence-electron chi connectivity index (χ1n) is 7.26. The zero-order valence-corrected chi connectivity index (χ0v) is 15.9. The Balaban J connectivity index is 1.75. The highest BCUT2D eigenvalue weighted by molar-refractivity contribution is 8.26. The van der Waals surface area contributed by atoms with Crippen LogP contribution in [0.1, 0.15) is 20.8 Å². The number of carbonyl (C=O) groups excluding carboxylic acids is 2. The van der Waals surface area contributed by atoms with Gasteiger partial charge in [0.05, 0.1) is 12.0 Å². The molecule has 1 N–H and O–H groups in total. The SMILES string of the molecule is COc1ccc(C(=O)NN2C(=O)/C(=C/c3sccc3C)SC2=S)cc1. The lowest BCUT2D eigenvalue weighted by Crippen LogP contribution is -2.44. The van der Waals surface area contributed by atoms with Crippen molar-refractivity contribution in [3.63, 3.8) is 0 Å². The van der Waals surface area contributed by atoms with Gasteiger partial charge in [-0.05, 0) is 66.5 Å². The third-order valence-corrected chi connectivity index (χ3v) is 5.79. The van der Waals surface area contributed by atoms with Gasteiger partial charge >= 0.3 is 0 Å². The Kier molecular flexibility index (Phi) is 5.22. The molecule has 1 aromatic carbocycles. The average molecular weight is 391 g/mol. The minimum absolute atomic E-state index is 0.298. The molecular weight excluding hydrogens is 376 g/mol.